The van der Waals surface area contributed by atoms with Crippen LogP contribution in [0.1, 0.15) is 33.4 Å². The van der Waals surface area contributed by atoms with Gasteiger partial charge in [0.15, 0.2) is 0 Å². The Morgan fingerprint density at radius 2 is 0.962 bits per heavy atom. The Balaban J connectivity index is 1.40. The molecule has 0 amide bonds. The molecule has 0 aromatic heterocycles. The van der Waals surface area contributed by atoms with Gasteiger partial charge in [0.2, 0.25) is 11.5 Å². The summed E-state index contributed by atoms with van der Waals surface area (Å²) in [5.74, 6) is -1.33. The molecule has 0 radical (unpaired) electrons. The molecule has 0 heterocycles. The van der Waals surface area contributed by atoms with Gasteiger partial charge in [0.05, 0.1) is 14.2 Å². The Morgan fingerprint density at radius 3 is 1.36 bits per heavy atom. The third kappa shape index (κ3) is 8.98. The number of carbonyl (C=O) groups excluding carboxylic acids is 2. The Labute approximate surface area is 327 Å². The molecule has 0 atom stereocenters. The molecule has 0 saturated heterocycles. The van der Waals surface area contributed by atoms with Crippen LogP contribution in [0.3, 0.4) is 0 Å². The van der Waals surface area contributed by atoms with E-state index in [1.54, 1.807) is 36.4 Å². The van der Waals surface area contributed by atoms with Crippen molar-refractivity contribution in [3.05, 3.63) is 174 Å². The quantitative estimate of drug-likeness (QED) is 0.0699. The van der Waals surface area contributed by atoms with Gasteiger partial charge in [0, 0.05) is 20.1 Å². The van der Waals surface area contributed by atoms with Gasteiger partial charge in [0.25, 0.3) is 0 Å². The molecule has 6 nitrogen and oxygen atoms in total. The molecule has 268 valence electrons. The molecule has 53 heavy (non-hydrogen) atoms. The maximum atomic E-state index is 12.9. The lowest BCUT2D eigenvalue weighted by Gasteiger charge is -2.19. The Morgan fingerprint density at radius 1 is 0.547 bits per heavy atom. The molecule has 6 aromatic rings. The number of carbonyl (C=O) groups is 2. The van der Waals surface area contributed by atoms with Crippen molar-refractivity contribution in [3.8, 4) is 0 Å². The SMILES string of the molecule is COC(=O)/C(=C/c1ccc(Cl)cc1Cl)OCc1ccc2ccccc2c1Cc1c(CO/C(=C\c2ccc(Cl)cc2Cl)C(=O)OC)ccc2ccccc12. The maximum Gasteiger partial charge on any atom is 0.373 e. The van der Waals surface area contributed by atoms with Gasteiger partial charge in [-0.3, -0.25) is 0 Å². The van der Waals surface area contributed by atoms with Crippen molar-refractivity contribution in [3.63, 3.8) is 0 Å². The summed E-state index contributed by atoms with van der Waals surface area (Å²) < 4.78 is 22.5. The predicted molar refractivity (Wildman–Crippen MR) is 213 cm³/mol. The van der Waals surface area contributed by atoms with Crippen LogP contribution >= 0.6 is 46.4 Å². The molecule has 0 aliphatic rings. The minimum absolute atomic E-state index is 0.0157. The van der Waals surface area contributed by atoms with Gasteiger partial charge < -0.3 is 18.9 Å². The number of rotatable bonds is 12. The van der Waals surface area contributed by atoms with Crippen LogP contribution in [0, 0.1) is 0 Å². The van der Waals surface area contributed by atoms with E-state index in [0.717, 1.165) is 43.8 Å². The summed E-state index contributed by atoms with van der Waals surface area (Å²) in [4.78, 5) is 25.8. The first-order valence-electron chi connectivity index (χ1n) is 16.4. The first-order valence-corrected chi connectivity index (χ1v) is 17.9. The number of benzene rings is 6. The summed E-state index contributed by atoms with van der Waals surface area (Å²) in [5.41, 5.74) is 4.79. The van der Waals surface area contributed by atoms with E-state index in [2.05, 4.69) is 12.1 Å². The Hall–Kier alpha value is -4.98. The largest absolute Gasteiger partial charge is 0.482 e. The molecule has 0 unspecified atom stereocenters. The summed E-state index contributed by atoms with van der Waals surface area (Å²) >= 11 is 25.0. The van der Waals surface area contributed by atoms with Gasteiger partial charge in [-0.2, -0.15) is 0 Å². The fourth-order valence-electron chi connectivity index (χ4n) is 5.98. The zero-order chi connectivity index (χ0) is 37.5. The molecule has 0 N–H and O–H groups in total. The molecule has 0 spiro atoms. The molecule has 0 bridgehead atoms. The summed E-state index contributed by atoms with van der Waals surface area (Å²) in [6, 6.07) is 34.2. The molecular weight excluding hydrogens is 754 g/mol. The normalized spacial score (nSPS) is 11.8. The van der Waals surface area contributed by atoms with Crippen molar-refractivity contribution in [1.29, 1.82) is 0 Å². The van der Waals surface area contributed by atoms with Crippen molar-refractivity contribution >= 4 is 92.0 Å². The van der Waals surface area contributed by atoms with E-state index in [0.29, 0.717) is 37.6 Å². The van der Waals surface area contributed by atoms with Crippen LogP contribution in [-0.2, 0) is 48.2 Å². The van der Waals surface area contributed by atoms with Crippen molar-refractivity contribution in [2.24, 2.45) is 0 Å². The number of esters is 2. The fraction of sp³-hybridized carbons (Fsp3) is 0.116. The number of fused-ring (bicyclic) bond motifs is 2. The van der Waals surface area contributed by atoms with Gasteiger partial charge in [-0.1, -0.05) is 131 Å². The van der Waals surface area contributed by atoms with Crippen molar-refractivity contribution in [2.75, 3.05) is 14.2 Å². The van der Waals surface area contributed by atoms with Crippen molar-refractivity contribution < 1.29 is 28.5 Å². The van der Waals surface area contributed by atoms with Crippen LogP contribution in [0.25, 0.3) is 33.7 Å². The average molecular weight is 787 g/mol. The first-order chi connectivity index (χ1) is 25.6. The number of ether oxygens (including phenoxy) is 4. The first kappa shape index (κ1) is 37.8. The van der Waals surface area contributed by atoms with Crippen LogP contribution in [0.2, 0.25) is 20.1 Å². The van der Waals surface area contributed by atoms with E-state index in [1.165, 1.54) is 26.4 Å². The Bertz CT molecular complexity index is 2230. The van der Waals surface area contributed by atoms with Crippen LogP contribution in [-0.4, -0.2) is 26.2 Å². The highest BCUT2D eigenvalue weighted by Crippen LogP contribution is 2.33. The minimum Gasteiger partial charge on any atom is -0.482 e. The fourth-order valence-corrected chi connectivity index (χ4v) is 6.90. The summed E-state index contributed by atoms with van der Waals surface area (Å²) in [6.07, 6.45) is 3.55. The standard InChI is InChI=1S/C43H32Cl4O6/c1-50-42(48)40(19-28-15-17-32(44)21-38(28)46)52-24-30-13-11-26-7-3-5-9-34(26)36(30)23-37-31(14-12-27-8-4-6-10-35(27)37)25-53-41(43(49)51-2)20-29-16-18-33(45)22-39(29)47/h3-22H,23-25H2,1-2H3/b40-19-,41-20-. The van der Waals surface area contributed by atoms with E-state index in [4.69, 9.17) is 65.4 Å². The predicted octanol–water partition coefficient (Wildman–Crippen LogP) is 11.7. The monoisotopic (exact) mass is 784 g/mol. The second kappa shape index (κ2) is 17.2. The summed E-state index contributed by atoms with van der Waals surface area (Å²) in [5, 5.41) is 5.77. The van der Waals surface area contributed by atoms with Gasteiger partial charge in [-0.05, 0) is 97.8 Å². The highest BCUT2D eigenvalue weighted by molar-refractivity contribution is 6.36. The van der Waals surface area contributed by atoms with Gasteiger partial charge >= 0.3 is 11.9 Å². The van der Waals surface area contributed by atoms with E-state index in [-0.39, 0.29) is 24.7 Å². The van der Waals surface area contributed by atoms with E-state index in [1.807, 2.05) is 60.7 Å². The molecular formula is C43H32Cl4O6. The van der Waals surface area contributed by atoms with Crippen LogP contribution in [0.5, 0.6) is 0 Å². The van der Waals surface area contributed by atoms with E-state index in [9.17, 15) is 9.59 Å². The Kier molecular flexibility index (Phi) is 12.3. The van der Waals surface area contributed by atoms with Crippen LogP contribution < -0.4 is 0 Å². The van der Waals surface area contributed by atoms with Gasteiger partial charge in [0.1, 0.15) is 13.2 Å². The molecule has 10 heteroatoms. The van der Waals surface area contributed by atoms with Gasteiger partial charge in [-0.15, -0.1) is 0 Å². The third-order valence-corrected chi connectivity index (χ3v) is 9.79. The van der Waals surface area contributed by atoms with E-state index >= 15 is 0 Å². The van der Waals surface area contributed by atoms with E-state index < -0.39 is 11.9 Å². The molecule has 0 aliphatic carbocycles. The molecule has 0 saturated carbocycles. The van der Waals surface area contributed by atoms with Crippen LogP contribution in [0.4, 0.5) is 0 Å². The third-order valence-electron chi connectivity index (χ3n) is 8.67. The van der Waals surface area contributed by atoms with Gasteiger partial charge in [-0.25, -0.2) is 9.59 Å². The average Bonchev–Trinajstić information content (AvgIpc) is 3.16. The second-order valence-corrected chi connectivity index (χ2v) is 13.6. The highest BCUT2D eigenvalue weighted by atomic mass is 35.5. The number of hydrogen-bond acceptors (Lipinski definition) is 6. The molecule has 6 rings (SSSR count). The highest BCUT2D eigenvalue weighted by Gasteiger charge is 2.19. The number of hydrogen-bond donors (Lipinski definition) is 0. The zero-order valence-electron chi connectivity index (χ0n) is 28.6. The summed E-state index contributed by atoms with van der Waals surface area (Å²) in [6.45, 7) is 0.111. The zero-order valence-corrected chi connectivity index (χ0v) is 31.7. The molecule has 0 aliphatic heterocycles. The maximum absolute atomic E-state index is 12.9. The molecule has 6 aromatic carbocycles. The molecule has 0 fully saturated rings. The van der Waals surface area contributed by atoms with Crippen molar-refractivity contribution in [1.82, 2.24) is 0 Å². The van der Waals surface area contributed by atoms with Crippen LogP contribution in [0.15, 0.2) is 121 Å². The summed E-state index contributed by atoms with van der Waals surface area (Å²) in [7, 11) is 2.58. The second-order valence-electron chi connectivity index (χ2n) is 11.9. The minimum atomic E-state index is -0.652. The smallest absolute Gasteiger partial charge is 0.373 e. The lowest BCUT2D eigenvalue weighted by molar-refractivity contribution is -0.141. The number of methoxy groups -OCH3 is 2. The van der Waals surface area contributed by atoms with Crippen molar-refractivity contribution in [2.45, 2.75) is 19.6 Å². The lowest BCUT2D eigenvalue weighted by atomic mass is 9.89. The number of halogens is 4. The lowest BCUT2D eigenvalue weighted by Crippen LogP contribution is -2.11. The topological polar surface area (TPSA) is 71.1 Å².